The topological polar surface area (TPSA) is 70.7 Å². The van der Waals surface area contributed by atoms with Crippen molar-refractivity contribution in [3.8, 4) is 0 Å². The Labute approximate surface area is 101 Å². The van der Waals surface area contributed by atoms with E-state index in [1.165, 1.54) is 0 Å². The minimum absolute atomic E-state index is 0.00572. The highest BCUT2D eigenvalue weighted by Crippen LogP contribution is 2.13. The molecule has 0 aliphatic rings. The van der Waals surface area contributed by atoms with Gasteiger partial charge in [0.05, 0.1) is 24.0 Å². The average Bonchev–Trinajstić information content (AvgIpc) is 2.82. The van der Waals surface area contributed by atoms with Gasteiger partial charge in [-0.05, 0) is 12.1 Å². The first-order valence-electron chi connectivity index (χ1n) is 4.74. The van der Waals surface area contributed by atoms with E-state index in [1.54, 1.807) is 12.3 Å². The summed E-state index contributed by atoms with van der Waals surface area (Å²) in [7, 11) is 0. The summed E-state index contributed by atoms with van der Waals surface area (Å²) >= 11 is 5.69. The van der Waals surface area contributed by atoms with Gasteiger partial charge in [-0.1, -0.05) is 11.6 Å². The highest BCUT2D eigenvalue weighted by atomic mass is 35.5. The van der Waals surface area contributed by atoms with Crippen LogP contribution in [0.4, 0.5) is 4.39 Å². The van der Waals surface area contributed by atoms with Crippen LogP contribution < -0.4 is 5.32 Å². The van der Waals surface area contributed by atoms with Crippen LogP contribution in [0.3, 0.4) is 0 Å². The Hall–Kier alpha value is -1.95. The number of carbonyl (C=O) groups is 1. The second kappa shape index (κ2) is 4.92. The third-order valence-corrected chi connectivity index (χ3v) is 2.35. The maximum atomic E-state index is 12.9. The number of carbonyl (C=O) groups excluding carboxylic acids is 1. The quantitative estimate of drug-likeness (QED) is 0.816. The molecular weight excluding hydrogens is 247 g/mol. The summed E-state index contributed by atoms with van der Waals surface area (Å²) in [4.78, 5) is 15.2. The number of hydrogen-bond acceptors (Lipinski definition) is 3. The molecule has 17 heavy (non-hydrogen) atoms. The number of nitrogens with zero attached hydrogens (tertiary/aromatic N) is 2. The monoisotopic (exact) mass is 254 g/mol. The molecule has 0 atom stereocenters. The second-order valence-electron chi connectivity index (χ2n) is 3.26. The average molecular weight is 255 g/mol. The minimum atomic E-state index is -0.610. The fourth-order valence-corrected chi connectivity index (χ4v) is 1.42. The molecule has 2 N–H and O–H groups in total. The van der Waals surface area contributed by atoms with Crippen molar-refractivity contribution in [3.05, 3.63) is 46.8 Å². The van der Waals surface area contributed by atoms with Crippen LogP contribution in [0.15, 0.2) is 24.5 Å². The minimum Gasteiger partial charge on any atom is -0.346 e. The summed E-state index contributed by atoms with van der Waals surface area (Å²) in [6.45, 7) is 0.256. The Morgan fingerprint density at radius 2 is 2.41 bits per heavy atom. The molecule has 2 aromatic heterocycles. The maximum absolute atomic E-state index is 12.9. The van der Waals surface area contributed by atoms with Gasteiger partial charge >= 0.3 is 0 Å². The number of nitrogens with one attached hydrogen (secondary N) is 2. The van der Waals surface area contributed by atoms with E-state index in [2.05, 4.69) is 20.5 Å². The molecule has 0 fully saturated rings. The highest BCUT2D eigenvalue weighted by Gasteiger charge is 2.12. The number of halogens is 2. The molecule has 0 unspecified atom stereocenters. The summed E-state index contributed by atoms with van der Waals surface area (Å²) in [5.41, 5.74) is 0.741. The first-order valence-corrected chi connectivity index (χ1v) is 5.12. The largest absolute Gasteiger partial charge is 0.346 e. The molecule has 0 aliphatic carbocycles. The van der Waals surface area contributed by atoms with Crippen LogP contribution >= 0.6 is 11.6 Å². The summed E-state index contributed by atoms with van der Waals surface area (Å²) in [5, 5.41) is 8.95. The van der Waals surface area contributed by atoms with Crippen LogP contribution in [0.2, 0.25) is 5.15 Å². The molecule has 0 bridgehead atoms. The van der Waals surface area contributed by atoms with Gasteiger partial charge in [0.15, 0.2) is 0 Å². The molecule has 0 aromatic carbocycles. The third kappa shape index (κ3) is 2.79. The van der Waals surface area contributed by atoms with Gasteiger partial charge in [-0.25, -0.2) is 9.37 Å². The number of aromatic nitrogens is 3. The predicted octanol–water partition coefficient (Wildman–Crippen LogP) is 1.53. The maximum Gasteiger partial charge on any atom is 0.254 e. The molecule has 0 aliphatic heterocycles. The zero-order chi connectivity index (χ0) is 12.3. The molecule has 0 radical (unpaired) electrons. The van der Waals surface area contributed by atoms with Gasteiger partial charge in [0.1, 0.15) is 11.0 Å². The Kier molecular flexibility index (Phi) is 3.34. The van der Waals surface area contributed by atoms with Gasteiger partial charge in [-0.2, -0.15) is 5.10 Å². The lowest BCUT2D eigenvalue weighted by Crippen LogP contribution is -2.23. The van der Waals surface area contributed by atoms with E-state index in [-0.39, 0.29) is 17.3 Å². The fraction of sp³-hybridized carbons (Fsp3) is 0.100. The van der Waals surface area contributed by atoms with Crippen molar-refractivity contribution in [1.82, 2.24) is 20.5 Å². The van der Waals surface area contributed by atoms with Crippen molar-refractivity contribution in [2.45, 2.75) is 6.54 Å². The summed E-state index contributed by atoms with van der Waals surface area (Å²) in [6.07, 6.45) is 2.52. The second-order valence-corrected chi connectivity index (χ2v) is 3.61. The molecule has 2 aromatic rings. The molecule has 0 spiro atoms. The van der Waals surface area contributed by atoms with Crippen molar-refractivity contribution >= 4 is 17.5 Å². The Morgan fingerprint density at radius 3 is 3.12 bits per heavy atom. The molecule has 1 amide bonds. The normalized spacial score (nSPS) is 10.2. The summed E-state index contributed by atoms with van der Waals surface area (Å²) in [5.74, 6) is -1.10. The number of pyridine rings is 1. The van der Waals surface area contributed by atoms with Crippen molar-refractivity contribution in [2.24, 2.45) is 0 Å². The Balaban J connectivity index is 2.07. The Bertz CT molecular complexity index is 529. The van der Waals surface area contributed by atoms with Crippen LogP contribution in [0.25, 0.3) is 0 Å². The van der Waals surface area contributed by atoms with Crippen LogP contribution in [0, 0.1) is 5.82 Å². The van der Waals surface area contributed by atoms with E-state index < -0.39 is 11.7 Å². The molecule has 88 valence electrons. The number of hydrogen-bond donors (Lipinski definition) is 2. The SMILES string of the molecule is O=C(NCc1ccn[nH]1)c1cc(F)cnc1Cl. The molecule has 0 saturated carbocycles. The van der Waals surface area contributed by atoms with E-state index in [4.69, 9.17) is 11.6 Å². The van der Waals surface area contributed by atoms with Gasteiger partial charge in [-0.3, -0.25) is 9.89 Å². The Morgan fingerprint density at radius 1 is 1.59 bits per heavy atom. The number of aromatic amines is 1. The first kappa shape index (κ1) is 11.5. The van der Waals surface area contributed by atoms with Crippen LogP contribution in [-0.4, -0.2) is 21.1 Å². The van der Waals surface area contributed by atoms with E-state index in [0.717, 1.165) is 18.0 Å². The van der Waals surface area contributed by atoms with E-state index in [1.807, 2.05) is 0 Å². The zero-order valence-corrected chi connectivity index (χ0v) is 9.33. The van der Waals surface area contributed by atoms with Crippen molar-refractivity contribution in [1.29, 1.82) is 0 Å². The standard InChI is InChI=1S/C10H8ClFN4O/c11-9-8(3-6(12)4-13-9)10(17)14-5-7-1-2-15-16-7/h1-4H,5H2,(H,14,17)(H,15,16). The van der Waals surface area contributed by atoms with Gasteiger partial charge in [-0.15, -0.1) is 0 Å². The van der Waals surface area contributed by atoms with Gasteiger partial charge < -0.3 is 5.32 Å². The molecule has 7 heteroatoms. The smallest absolute Gasteiger partial charge is 0.254 e. The van der Waals surface area contributed by atoms with E-state index in [9.17, 15) is 9.18 Å². The number of amides is 1. The lowest BCUT2D eigenvalue weighted by molar-refractivity contribution is 0.0949. The van der Waals surface area contributed by atoms with Crippen LogP contribution in [0.5, 0.6) is 0 Å². The first-order chi connectivity index (χ1) is 8.16. The molecular formula is C10H8ClFN4O. The zero-order valence-electron chi connectivity index (χ0n) is 8.58. The van der Waals surface area contributed by atoms with Crippen LogP contribution in [0.1, 0.15) is 16.1 Å². The van der Waals surface area contributed by atoms with E-state index >= 15 is 0 Å². The molecule has 0 saturated heterocycles. The van der Waals surface area contributed by atoms with Crippen molar-refractivity contribution < 1.29 is 9.18 Å². The van der Waals surface area contributed by atoms with Crippen molar-refractivity contribution in [3.63, 3.8) is 0 Å². The predicted molar refractivity (Wildman–Crippen MR) is 59.0 cm³/mol. The van der Waals surface area contributed by atoms with E-state index in [0.29, 0.717) is 0 Å². The third-order valence-electron chi connectivity index (χ3n) is 2.05. The summed E-state index contributed by atoms with van der Waals surface area (Å²) in [6, 6.07) is 2.75. The molecule has 2 rings (SSSR count). The molecule has 5 nitrogen and oxygen atoms in total. The van der Waals surface area contributed by atoms with Gasteiger partial charge in [0.2, 0.25) is 0 Å². The number of H-pyrrole nitrogens is 1. The highest BCUT2D eigenvalue weighted by molar-refractivity contribution is 6.32. The van der Waals surface area contributed by atoms with Gasteiger partial charge in [0.25, 0.3) is 5.91 Å². The fourth-order valence-electron chi connectivity index (χ4n) is 1.24. The summed E-state index contributed by atoms with van der Waals surface area (Å²) < 4.78 is 12.9. The molecule has 2 heterocycles. The van der Waals surface area contributed by atoms with Gasteiger partial charge in [0, 0.05) is 6.20 Å². The lowest BCUT2D eigenvalue weighted by atomic mass is 10.2. The van der Waals surface area contributed by atoms with Crippen LogP contribution in [-0.2, 0) is 6.54 Å². The van der Waals surface area contributed by atoms with Crippen molar-refractivity contribution in [2.75, 3.05) is 0 Å². The lowest BCUT2D eigenvalue weighted by Gasteiger charge is -2.04. The number of rotatable bonds is 3.